The Morgan fingerprint density at radius 2 is 1.66 bits per heavy atom. The SMILES string of the molecule is COc1ccc(N2CCN(CCC3OCCc4ccccc43)CC2)cc1.Cl.Cl.O. The highest BCUT2D eigenvalue weighted by atomic mass is 35.5. The molecule has 2 N–H and O–H groups in total. The van der Waals surface area contributed by atoms with E-state index in [1.54, 1.807) is 7.11 Å². The molecule has 162 valence electrons. The summed E-state index contributed by atoms with van der Waals surface area (Å²) in [6.45, 7) is 6.34. The van der Waals surface area contributed by atoms with E-state index in [2.05, 4.69) is 46.2 Å². The van der Waals surface area contributed by atoms with Gasteiger partial charge in [0, 0.05) is 38.4 Å². The van der Waals surface area contributed by atoms with Gasteiger partial charge in [-0.1, -0.05) is 24.3 Å². The minimum atomic E-state index is 0. The third-order valence-corrected chi connectivity index (χ3v) is 5.61. The first-order valence-electron chi connectivity index (χ1n) is 9.64. The maximum Gasteiger partial charge on any atom is 0.119 e. The van der Waals surface area contributed by atoms with Crippen LogP contribution >= 0.6 is 24.8 Å². The number of hydrogen-bond donors (Lipinski definition) is 0. The maximum atomic E-state index is 6.06. The summed E-state index contributed by atoms with van der Waals surface area (Å²) in [6.07, 6.45) is 2.40. The van der Waals surface area contributed by atoms with Crippen LogP contribution in [0, 0.1) is 0 Å². The molecule has 1 saturated heterocycles. The van der Waals surface area contributed by atoms with E-state index in [1.165, 1.54) is 16.8 Å². The van der Waals surface area contributed by atoms with E-state index in [4.69, 9.17) is 9.47 Å². The largest absolute Gasteiger partial charge is 0.497 e. The van der Waals surface area contributed by atoms with Crippen LogP contribution in [0.3, 0.4) is 0 Å². The van der Waals surface area contributed by atoms with Gasteiger partial charge in [-0.05, 0) is 48.2 Å². The molecule has 0 amide bonds. The fourth-order valence-corrected chi connectivity index (χ4v) is 4.04. The van der Waals surface area contributed by atoms with Crippen molar-refractivity contribution in [3.8, 4) is 5.75 Å². The molecule has 0 radical (unpaired) electrons. The highest BCUT2D eigenvalue weighted by molar-refractivity contribution is 5.85. The zero-order valence-electron chi connectivity index (χ0n) is 16.9. The lowest BCUT2D eigenvalue weighted by molar-refractivity contribution is 0.0289. The van der Waals surface area contributed by atoms with Crippen LogP contribution in [0.25, 0.3) is 0 Å². The van der Waals surface area contributed by atoms with Gasteiger partial charge in [0.1, 0.15) is 5.75 Å². The normalized spacial score (nSPS) is 18.5. The standard InChI is InChI=1S/C22H28N2O2.2ClH.H2O/c1-25-20-8-6-19(7-9-20)24-15-13-23(14-16-24)12-10-22-21-5-3-2-4-18(21)11-17-26-22;;;/h2-9,22H,10-17H2,1H3;2*1H;1H2. The molecule has 2 heterocycles. The van der Waals surface area contributed by atoms with Crippen molar-refractivity contribution in [3.63, 3.8) is 0 Å². The molecule has 2 aromatic carbocycles. The molecule has 1 unspecified atom stereocenters. The number of benzene rings is 2. The Morgan fingerprint density at radius 1 is 0.966 bits per heavy atom. The quantitative estimate of drug-likeness (QED) is 0.710. The summed E-state index contributed by atoms with van der Waals surface area (Å²) in [7, 11) is 1.71. The Bertz CT molecular complexity index is 722. The molecular weight excluding hydrogens is 411 g/mol. The number of halogens is 2. The van der Waals surface area contributed by atoms with Crippen molar-refractivity contribution in [2.24, 2.45) is 0 Å². The minimum Gasteiger partial charge on any atom is -0.497 e. The van der Waals surface area contributed by atoms with E-state index in [1.807, 2.05) is 12.1 Å². The molecular formula is C22H32Cl2N2O3. The first-order valence-corrected chi connectivity index (χ1v) is 9.64. The Morgan fingerprint density at radius 3 is 2.34 bits per heavy atom. The number of anilines is 1. The van der Waals surface area contributed by atoms with E-state index < -0.39 is 0 Å². The number of piperazine rings is 1. The second-order valence-corrected chi connectivity index (χ2v) is 7.12. The highest BCUT2D eigenvalue weighted by Gasteiger charge is 2.23. The van der Waals surface area contributed by atoms with Crippen LogP contribution in [-0.4, -0.2) is 56.8 Å². The van der Waals surface area contributed by atoms with Crippen molar-refractivity contribution in [2.45, 2.75) is 18.9 Å². The predicted molar refractivity (Wildman–Crippen MR) is 123 cm³/mol. The second kappa shape index (κ2) is 12.3. The van der Waals surface area contributed by atoms with Gasteiger partial charge in [-0.15, -0.1) is 24.8 Å². The van der Waals surface area contributed by atoms with Gasteiger partial charge >= 0.3 is 0 Å². The first kappa shape index (κ1) is 25.5. The highest BCUT2D eigenvalue weighted by Crippen LogP contribution is 2.30. The molecule has 2 aliphatic rings. The summed E-state index contributed by atoms with van der Waals surface area (Å²) in [5.41, 5.74) is 4.15. The van der Waals surface area contributed by atoms with E-state index >= 15 is 0 Å². The van der Waals surface area contributed by atoms with Gasteiger partial charge in [0.05, 0.1) is 19.8 Å². The maximum absolute atomic E-state index is 6.06. The Kier molecular flexibility index (Phi) is 10.8. The molecule has 29 heavy (non-hydrogen) atoms. The molecule has 1 fully saturated rings. The lowest BCUT2D eigenvalue weighted by Gasteiger charge is -2.37. The van der Waals surface area contributed by atoms with Gasteiger partial charge in [-0.3, -0.25) is 4.90 Å². The topological polar surface area (TPSA) is 56.4 Å². The van der Waals surface area contributed by atoms with Crippen molar-refractivity contribution >= 4 is 30.5 Å². The average Bonchev–Trinajstić information content (AvgIpc) is 2.73. The number of rotatable bonds is 5. The number of fused-ring (bicyclic) bond motifs is 1. The fourth-order valence-electron chi connectivity index (χ4n) is 4.04. The Labute approximate surface area is 186 Å². The zero-order chi connectivity index (χ0) is 17.8. The van der Waals surface area contributed by atoms with Crippen molar-refractivity contribution in [1.29, 1.82) is 0 Å². The molecule has 0 aliphatic carbocycles. The minimum absolute atomic E-state index is 0. The van der Waals surface area contributed by atoms with Gasteiger partial charge < -0.3 is 19.8 Å². The molecule has 0 saturated carbocycles. The van der Waals surface area contributed by atoms with Crippen molar-refractivity contribution in [3.05, 3.63) is 59.7 Å². The first-order chi connectivity index (χ1) is 12.8. The third-order valence-electron chi connectivity index (χ3n) is 5.61. The lowest BCUT2D eigenvalue weighted by Crippen LogP contribution is -2.46. The molecule has 4 rings (SSSR count). The fraction of sp³-hybridized carbons (Fsp3) is 0.455. The zero-order valence-corrected chi connectivity index (χ0v) is 18.5. The summed E-state index contributed by atoms with van der Waals surface area (Å²) in [5.74, 6) is 0.917. The molecule has 2 aromatic rings. The van der Waals surface area contributed by atoms with Crippen LogP contribution in [-0.2, 0) is 11.2 Å². The summed E-state index contributed by atoms with van der Waals surface area (Å²) >= 11 is 0. The number of nitrogens with zero attached hydrogens (tertiary/aromatic N) is 2. The molecule has 0 aromatic heterocycles. The summed E-state index contributed by atoms with van der Waals surface area (Å²) in [5, 5.41) is 0. The van der Waals surface area contributed by atoms with Crippen LogP contribution in [0.5, 0.6) is 5.75 Å². The molecule has 1 atom stereocenters. The van der Waals surface area contributed by atoms with Crippen LogP contribution in [0.4, 0.5) is 5.69 Å². The number of hydrogen-bond acceptors (Lipinski definition) is 4. The van der Waals surface area contributed by atoms with Crippen molar-refractivity contribution in [2.75, 3.05) is 51.3 Å². The molecule has 0 bridgehead atoms. The summed E-state index contributed by atoms with van der Waals surface area (Å²) in [4.78, 5) is 5.03. The van der Waals surface area contributed by atoms with Gasteiger partial charge in [-0.2, -0.15) is 0 Å². The van der Waals surface area contributed by atoms with E-state index in [0.717, 1.165) is 57.9 Å². The second-order valence-electron chi connectivity index (χ2n) is 7.12. The van der Waals surface area contributed by atoms with Gasteiger partial charge in [0.15, 0.2) is 0 Å². The van der Waals surface area contributed by atoms with Crippen LogP contribution in [0.15, 0.2) is 48.5 Å². The molecule has 5 nitrogen and oxygen atoms in total. The number of ether oxygens (including phenoxy) is 2. The van der Waals surface area contributed by atoms with E-state index in [0.29, 0.717) is 0 Å². The van der Waals surface area contributed by atoms with Gasteiger partial charge in [0.2, 0.25) is 0 Å². The van der Waals surface area contributed by atoms with Crippen LogP contribution < -0.4 is 9.64 Å². The van der Waals surface area contributed by atoms with Crippen LogP contribution in [0.2, 0.25) is 0 Å². The predicted octanol–water partition coefficient (Wildman–Crippen LogP) is 3.54. The molecule has 7 heteroatoms. The van der Waals surface area contributed by atoms with Crippen molar-refractivity contribution < 1.29 is 14.9 Å². The third kappa shape index (κ3) is 6.24. The van der Waals surface area contributed by atoms with Gasteiger partial charge in [0.25, 0.3) is 0 Å². The Hall–Kier alpha value is -1.50. The molecule has 0 spiro atoms. The average molecular weight is 443 g/mol. The molecule has 2 aliphatic heterocycles. The smallest absolute Gasteiger partial charge is 0.119 e. The monoisotopic (exact) mass is 442 g/mol. The Balaban J connectivity index is 0.00000140. The van der Waals surface area contributed by atoms with Gasteiger partial charge in [-0.25, -0.2) is 0 Å². The van der Waals surface area contributed by atoms with E-state index in [-0.39, 0.29) is 36.4 Å². The summed E-state index contributed by atoms with van der Waals surface area (Å²) in [6, 6.07) is 17.1. The van der Waals surface area contributed by atoms with Crippen molar-refractivity contribution in [1.82, 2.24) is 4.90 Å². The number of methoxy groups -OCH3 is 1. The van der Waals surface area contributed by atoms with E-state index in [9.17, 15) is 0 Å². The lowest BCUT2D eigenvalue weighted by atomic mass is 9.95. The summed E-state index contributed by atoms with van der Waals surface area (Å²) < 4.78 is 11.3. The van der Waals surface area contributed by atoms with Crippen LogP contribution in [0.1, 0.15) is 23.7 Å².